The molecule has 5 nitrogen and oxygen atoms in total. The molecule has 0 aromatic carbocycles. The molecule has 0 amide bonds. The van der Waals surface area contributed by atoms with Gasteiger partial charge in [0.15, 0.2) is 0 Å². The van der Waals surface area contributed by atoms with Gasteiger partial charge in [0, 0.05) is 6.04 Å². The lowest BCUT2D eigenvalue weighted by Gasteiger charge is -2.29. The maximum Gasteiger partial charge on any atom is 0.331 e. The van der Waals surface area contributed by atoms with Crippen molar-refractivity contribution in [1.82, 2.24) is 9.55 Å². The van der Waals surface area contributed by atoms with Crippen molar-refractivity contribution < 1.29 is 5.11 Å². The third-order valence-corrected chi connectivity index (χ3v) is 5.27. The van der Waals surface area contributed by atoms with Crippen molar-refractivity contribution in [1.29, 1.82) is 0 Å². The van der Waals surface area contributed by atoms with Crippen molar-refractivity contribution >= 4 is 0 Å². The number of hydrogen-bond acceptors (Lipinski definition) is 3. The van der Waals surface area contributed by atoms with Gasteiger partial charge in [-0.3, -0.25) is 14.3 Å². The maximum atomic E-state index is 12.2. The first-order valence-electron chi connectivity index (χ1n) is 8.15. The first kappa shape index (κ1) is 14.4. The van der Waals surface area contributed by atoms with E-state index in [1.54, 1.807) is 0 Å². The Hall–Kier alpha value is -1.52. The maximum absolute atomic E-state index is 12.2. The molecule has 21 heavy (non-hydrogen) atoms. The van der Waals surface area contributed by atoms with E-state index in [0.29, 0.717) is 11.5 Å². The molecule has 2 saturated carbocycles. The predicted octanol–water partition coefficient (Wildman–Crippen LogP) is 2.65. The number of hydrogen-bond donors (Lipinski definition) is 2. The van der Waals surface area contributed by atoms with Gasteiger partial charge in [0.2, 0.25) is 5.88 Å². The summed E-state index contributed by atoms with van der Waals surface area (Å²) < 4.78 is 1.45. The zero-order valence-electron chi connectivity index (χ0n) is 12.6. The van der Waals surface area contributed by atoms with Gasteiger partial charge in [0.05, 0.1) is 5.56 Å². The van der Waals surface area contributed by atoms with E-state index < -0.39 is 11.2 Å². The number of aromatic amines is 1. The SMILES string of the molecule is CC1CCC(n2c(O)c(C3CCCC3)c(=O)[nH]c2=O)CC1. The quantitative estimate of drug-likeness (QED) is 0.880. The predicted molar refractivity (Wildman–Crippen MR) is 80.9 cm³/mol. The summed E-state index contributed by atoms with van der Waals surface area (Å²) >= 11 is 0. The third-order valence-electron chi connectivity index (χ3n) is 5.27. The van der Waals surface area contributed by atoms with Gasteiger partial charge in [0.1, 0.15) is 0 Å². The van der Waals surface area contributed by atoms with E-state index >= 15 is 0 Å². The molecule has 3 rings (SSSR count). The second-order valence-corrected chi connectivity index (χ2v) is 6.76. The Balaban J connectivity index is 2.02. The Labute approximate surface area is 124 Å². The second kappa shape index (κ2) is 5.70. The molecule has 1 aromatic heterocycles. The van der Waals surface area contributed by atoms with Crippen LogP contribution in [0.3, 0.4) is 0 Å². The average Bonchev–Trinajstić information content (AvgIpc) is 2.94. The molecule has 0 spiro atoms. The highest BCUT2D eigenvalue weighted by Crippen LogP contribution is 2.38. The summed E-state index contributed by atoms with van der Waals surface area (Å²) in [5.41, 5.74) is -0.422. The third kappa shape index (κ3) is 2.65. The summed E-state index contributed by atoms with van der Waals surface area (Å²) in [6, 6.07) is 0.0192. The van der Waals surface area contributed by atoms with E-state index in [0.717, 1.165) is 51.4 Å². The van der Waals surface area contributed by atoms with Crippen LogP contribution in [0.2, 0.25) is 0 Å². The molecule has 1 heterocycles. The Morgan fingerprint density at radius 3 is 2.29 bits per heavy atom. The van der Waals surface area contributed by atoms with E-state index in [4.69, 9.17) is 0 Å². The molecule has 2 aliphatic rings. The molecule has 0 radical (unpaired) electrons. The van der Waals surface area contributed by atoms with Crippen molar-refractivity contribution in [2.45, 2.75) is 70.3 Å². The van der Waals surface area contributed by atoms with Gasteiger partial charge in [0.25, 0.3) is 5.56 Å². The minimum atomic E-state index is -0.459. The van der Waals surface area contributed by atoms with Crippen molar-refractivity contribution in [2.75, 3.05) is 0 Å². The van der Waals surface area contributed by atoms with Gasteiger partial charge in [-0.05, 0) is 50.4 Å². The Bertz CT molecular complexity index is 617. The van der Waals surface area contributed by atoms with Crippen LogP contribution >= 0.6 is 0 Å². The fourth-order valence-electron chi connectivity index (χ4n) is 3.97. The van der Waals surface area contributed by atoms with Crippen LogP contribution in [0.1, 0.15) is 75.8 Å². The topological polar surface area (TPSA) is 75.1 Å². The van der Waals surface area contributed by atoms with Gasteiger partial charge in [-0.1, -0.05) is 19.8 Å². The first-order valence-corrected chi connectivity index (χ1v) is 8.15. The summed E-state index contributed by atoms with van der Waals surface area (Å²) in [5, 5.41) is 10.6. The summed E-state index contributed by atoms with van der Waals surface area (Å²) in [7, 11) is 0. The van der Waals surface area contributed by atoms with E-state index in [9.17, 15) is 14.7 Å². The number of H-pyrrole nitrogens is 1. The fraction of sp³-hybridized carbons (Fsp3) is 0.750. The summed E-state index contributed by atoms with van der Waals surface area (Å²) in [4.78, 5) is 26.7. The van der Waals surface area contributed by atoms with Crippen LogP contribution in [0, 0.1) is 5.92 Å². The summed E-state index contributed by atoms with van der Waals surface area (Å²) in [6.45, 7) is 2.22. The number of nitrogens with one attached hydrogen (secondary N) is 1. The van der Waals surface area contributed by atoms with Crippen LogP contribution < -0.4 is 11.2 Å². The van der Waals surface area contributed by atoms with Gasteiger partial charge in [-0.25, -0.2) is 4.79 Å². The zero-order valence-corrected chi connectivity index (χ0v) is 12.6. The van der Waals surface area contributed by atoms with Crippen LogP contribution in [-0.2, 0) is 0 Å². The minimum absolute atomic E-state index is 0.0192. The van der Waals surface area contributed by atoms with E-state index in [1.165, 1.54) is 4.57 Å². The molecular formula is C16H24N2O3. The normalized spacial score (nSPS) is 27.1. The lowest BCUT2D eigenvalue weighted by Crippen LogP contribution is -2.36. The molecular weight excluding hydrogens is 268 g/mol. The summed E-state index contributed by atoms with van der Waals surface area (Å²) in [6.07, 6.45) is 7.94. The smallest absolute Gasteiger partial charge is 0.331 e. The molecule has 0 atom stereocenters. The van der Waals surface area contributed by atoms with E-state index in [-0.39, 0.29) is 17.8 Å². The highest BCUT2D eigenvalue weighted by atomic mass is 16.3. The molecule has 2 fully saturated rings. The van der Waals surface area contributed by atoms with E-state index in [2.05, 4.69) is 11.9 Å². The first-order chi connectivity index (χ1) is 10.1. The van der Waals surface area contributed by atoms with Crippen LogP contribution in [0.25, 0.3) is 0 Å². The van der Waals surface area contributed by atoms with Gasteiger partial charge in [-0.2, -0.15) is 0 Å². The van der Waals surface area contributed by atoms with Crippen molar-refractivity contribution in [3.8, 4) is 5.88 Å². The van der Waals surface area contributed by atoms with Gasteiger partial charge in [-0.15, -0.1) is 0 Å². The van der Waals surface area contributed by atoms with Crippen LogP contribution in [0.15, 0.2) is 9.59 Å². The molecule has 0 unspecified atom stereocenters. The van der Waals surface area contributed by atoms with Crippen LogP contribution in [-0.4, -0.2) is 14.7 Å². The van der Waals surface area contributed by atoms with Crippen molar-refractivity contribution in [3.63, 3.8) is 0 Å². The van der Waals surface area contributed by atoms with Crippen LogP contribution in [0.4, 0.5) is 0 Å². The van der Waals surface area contributed by atoms with Crippen LogP contribution in [0.5, 0.6) is 5.88 Å². The molecule has 2 N–H and O–H groups in total. The Morgan fingerprint density at radius 2 is 1.67 bits per heavy atom. The van der Waals surface area contributed by atoms with Crippen molar-refractivity contribution in [2.24, 2.45) is 5.92 Å². The second-order valence-electron chi connectivity index (χ2n) is 6.76. The average molecular weight is 292 g/mol. The molecule has 0 saturated heterocycles. The minimum Gasteiger partial charge on any atom is -0.494 e. The monoisotopic (exact) mass is 292 g/mol. The fourth-order valence-corrected chi connectivity index (χ4v) is 3.97. The molecule has 5 heteroatoms. The molecule has 1 aromatic rings. The summed E-state index contributed by atoms with van der Waals surface area (Å²) in [5.74, 6) is 0.703. The van der Waals surface area contributed by atoms with E-state index in [1.807, 2.05) is 0 Å². The highest BCUT2D eigenvalue weighted by Gasteiger charge is 2.29. The highest BCUT2D eigenvalue weighted by molar-refractivity contribution is 5.28. The van der Waals surface area contributed by atoms with Gasteiger partial charge >= 0.3 is 5.69 Å². The lowest BCUT2D eigenvalue weighted by atomic mass is 9.87. The number of rotatable bonds is 2. The number of aromatic hydroxyl groups is 1. The van der Waals surface area contributed by atoms with Gasteiger partial charge < -0.3 is 5.11 Å². The lowest BCUT2D eigenvalue weighted by molar-refractivity contribution is 0.256. The number of aromatic nitrogens is 2. The zero-order chi connectivity index (χ0) is 15.0. The molecule has 0 aliphatic heterocycles. The Kier molecular flexibility index (Phi) is 3.91. The molecule has 116 valence electrons. The Morgan fingerprint density at radius 1 is 1.05 bits per heavy atom. The molecule has 0 bridgehead atoms. The van der Waals surface area contributed by atoms with Crippen molar-refractivity contribution in [3.05, 3.63) is 26.4 Å². The molecule has 2 aliphatic carbocycles. The standard InChI is InChI=1S/C16H24N2O3/c1-10-6-8-12(9-7-10)18-15(20)13(11-4-2-3-5-11)14(19)17-16(18)21/h10-12,20H,2-9H2,1H3,(H,17,19,21). The largest absolute Gasteiger partial charge is 0.494 e. The number of nitrogens with zero attached hydrogens (tertiary/aromatic N) is 1.